The van der Waals surface area contributed by atoms with Gasteiger partial charge in [-0.05, 0) is 38.1 Å². The molecule has 0 aromatic heterocycles. The summed E-state index contributed by atoms with van der Waals surface area (Å²) < 4.78 is 31.9. The van der Waals surface area contributed by atoms with Crippen molar-refractivity contribution >= 4 is 21.6 Å². The molecule has 1 aromatic carbocycles. The number of benzene rings is 1. The fraction of sp³-hybridized carbons (Fsp3) is 0.500. The van der Waals surface area contributed by atoms with Gasteiger partial charge >= 0.3 is 0 Å². The summed E-state index contributed by atoms with van der Waals surface area (Å²) in [5.41, 5.74) is 0.530. The Kier molecular flexibility index (Phi) is 5.52. The zero-order valence-corrected chi connectivity index (χ0v) is 13.4. The number of rotatable bonds is 5. The average molecular weight is 327 g/mol. The quantitative estimate of drug-likeness (QED) is 0.723. The van der Waals surface area contributed by atoms with Gasteiger partial charge in [-0.25, -0.2) is 13.1 Å². The molecule has 1 amide bonds. The van der Waals surface area contributed by atoms with E-state index in [0.717, 1.165) is 6.54 Å². The number of hydrogen-bond donors (Lipinski definition) is 3. The molecular formula is C14H21N3O4S. The van der Waals surface area contributed by atoms with E-state index in [9.17, 15) is 13.2 Å². The van der Waals surface area contributed by atoms with Crippen LogP contribution in [0.15, 0.2) is 29.2 Å². The third-order valence-corrected chi connectivity index (χ3v) is 4.72. The topological polar surface area (TPSA) is 96.5 Å². The second-order valence-corrected chi connectivity index (χ2v) is 7.07. The number of morpholine rings is 1. The monoisotopic (exact) mass is 327 g/mol. The van der Waals surface area contributed by atoms with Crippen LogP contribution >= 0.6 is 0 Å². The fourth-order valence-electron chi connectivity index (χ4n) is 2.05. The molecule has 22 heavy (non-hydrogen) atoms. The van der Waals surface area contributed by atoms with Crippen molar-refractivity contribution in [1.29, 1.82) is 0 Å². The number of sulfonamides is 1. The molecule has 2 rings (SSSR count). The van der Waals surface area contributed by atoms with Gasteiger partial charge in [-0.1, -0.05) is 0 Å². The lowest BCUT2D eigenvalue weighted by Gasteiger charge is -2.22. The molecule has 1 aromatic rings. The van der Waals surface area contributed by atoms with Crippen molar-refractivity contribution < 1.29 is 17.9 Å². The first-order valence-electron chi connectivity index (χ1n) is 7.14. The number of ether oxygens (including phenoxy) is 1. The van der Waals surface area contributed by atoms with E-state index in [1.54, 1.807) is 26.0 Å². The van der Waals surface area contributed by atoms with E-state index in [0.29, 0.717) is 18.8 Å². The lowest BCUT2D eigenvalue weighted by Crippen LogP contribution is -2.45. The number of anilines is 1. The normalized spacial score (nSPS) is 19.1. The van der Waals surface area contributed by atoms with Crippen molar-refractivity contribution in [2.24, 2.45) is 0 Å². The molecule has 0 radical (unpaired) electrons. The van der Waals surface area contributed by atoms with Gasteiger partial charge in [-0.2, -0.15) is 0 Å². The van der Waals surface area contributed by atoms with Crippen molar-refractivity contribution in [3.8, 4) is 0 Å². The number of amides is 1. The molecule has 1 atom stereocenters. The molecule has 122 valence electrons. The van der Waals surface area contributed by atoms with Gasteiger partial charge in [0.15, 0.2) is 0 Å². The maximum absolute atomic E-state index is 12.0. The molecular weight excluding hydrogens is 306 g/mol. The van der Waals surface area contributed by atoms with Crippen molar-refractivity contribution in [2.75, 3.05) is 25.0 Å². The van der Waals surface area contributed by atoms with Gasteiger partial charge in [0.05, 0.1) is 11.5 Å². The summed E-state index contributed by atoms with van der Waals surface area (Å²) in [4.78, 5) is 12.1. The van der Waals surface area contributed by atoms with Crippen molar-refractivity contribution in [3.05, 3.63) is 24.3 Å². The fourth-order valence-corrected chi connectivity index (χ4v) is 3.30. The molecule has 0 bridgehead atoms. The van der Waals surface area contributed by atoms with Gasteiger partial charge in [0.2, 0.25) is 10.0 Å². The molecule has 0 aliphatic carbocycles. The minimum atomic E-state index is -3.52. The van der Waals surface area contributed by atoms with Crippen molar-refractivity contribution in [2.45, 2.75) is 30.9 Å². The summed E-state index contributed by atoms with van der Waals surface area (Å²) in [6, 6.07) is 5.85. The maximum Gasteiger partial charge on any atom is 0.254 e. The van der Waals surface area contributed by atoms with Crippen LogP contribution in [0.1, 0.15) is 13.8 Å². The number of carbonyl (C=O) groups excluding carboxylic acids is 1. The Hall–Kier alpha value is -1.48. The molecule has 3 N–H and O–H groups in total. The Balaban J connectivity index is 2.01. The molecule has 1 aliphatic rings. The zero-order valence-electron chi connectivity index (χ0n) is 12.6. The van der Waals surface area contributed by atoms with Gasteiger partial charge in [-0.15, -0.1) is 0 Å². The van der Waals surface area contributed by atoms with E-state index in [-0.39, 0.29) is 16.8 Å². The smallest absolute Gasteiger partial charge is 0.254 e. The highest BCUT2D eigenvalue weighted by atomic mass is 32.2. The van der Waals surface area contributed by atoms with E-state index in [1.165, 1.54) is 12.1 Å². The highest BCUT2D eigenvalue weighted by Crippen LogP contribution is 2.15. The molecule has 1 aliphatic heterocycles. The summed E-state index contributed by atoms with van der Waals surface area (Å²) in [6.07, 6.45) is -0.528. The first kappa shape index (κ1) is 16.9. The number of hydrogen-bond acceptors (Lipinski definition) is 5. The second-order valence-electron chi connectivity index (χ2n) is 5.35. The van der Waals surface area contributed by atoms with E-state index < -0.39 is 16.1 Å². The van der Waals surface area contributed by atoms with Crippen LogP contribution in [0.4, 0.5) is 5.69 Å². The van der Waals surface area contributed by atoms with Crippen LogP contribution in [0.2, 0.25) is 0 Å². The van der Waals surface area contributed by atoms with E-state index in [2.05, 4.69) is 15.4 Å². The Morgan fingerprint density at radius 3 is 2.55 bits per heavy atom. The molecule has 7 nitrogen and oxygen atoms in total. The standard InChI is InChI=1S/C14H21N3O4S/c1-10(2)17-22(19,20)12-5-3-11(4-6-12)16-14(18)13-9-15-7-8-21-13/h3-6,10,13,15,17H,7-9H2,1-2H3,(H,16,18)/t13-/m1/s1. The number of nitrogens with one attached hydrogen (secondary N) is 3. The van der Waals surface area contributed by atoms with Gasteiger partial charge in [-0.3, -0.25) is 4.79 Å². The van der Waals surface area contributed by atoms with Gasteiger partial charge in [0.25, 0.3) is 5.91 Å². The first-order valence-corrected chi connectivity index (χ1v) is 8.62. The predicted octanol–water partition coefficient (Wildman–Crippen LogP) is 0.300. The molecule has 0 spiro atoms. The minimum Gasteiger partial charge on any atom is -0.366 e. The molecule has 1 heterocycles. The van der Waals surface area contributed by atoms with Crippen molar-refractivity contribution in [1.82, 2.24) is 10.0 Å². The molecule has 0 saturated carbocycles. The summed E-state index contributed by atoms with van der Waals surface area (Å²) in [5.74, 6) is -0.247. The lowest BCUT2D eigenvalue weighted by molar-refractivity contribution is -0.128. The lowest BCUT2D eigenvalue weighted by atomic mass is 10.2. The Labute approximate surface area is 130 Å². The van der Waals surface area contributed by atoms with Gasteiger partial charge < -0.3 is 15.4 Å². The zero-order chi connectivity index (χ0) is 16.2. The Morgan fingerprint density at radius 1 is 1.32 bits per heavy atom. The second kappa shape index (κ2) is 7.19. The van der Waals surface area contributed by atoms with Crippen LogP contribution in [-0.4, -0.2) is 46.2 Å². The van der Waals surface area contributed by atoms with Crippen LogP contribution in [0.25, 0.3) is 0 Å². The minimum absolute atomic E-state index is 0.162. The average Bonchev–Trinajstić information content (AvgIpc) is 2.47. The van der Waals surface area contributed by atoms with Crippen molar-refractivity contribution in [3.63, 3.8) is 0 Å². The summed E-state index contributed by atoms with van der Waals surface area (Å²) in [7, 11) is -3.52. The highest BCUT2D eigenvalue weighted by Gasteiger charge is 2.22. The summed E-state index contributed by atoms with van der Waals surface area (Å²) in [5, 5.41) is 5.79. The van der Waals surface area contributed by atoms with Crippen LogP contribution in [-0.2, 0) is 19.6 Å². The molecule has 8 heteroatoms. The maximum atomic E-state index is 12.0. The molecule has 1 fully saturated rings. The Morgan fingerprint density at radius 2 is 2.00 bits per heavy atom. The third-order valence-electron chi connectivity index (χ3n) is 3.04. The predicted molar refractivity (Wildman–Crippen MR) is 83.1 cm³/mol. The SMILES string of the molecule is CC(C)NS(=O)(=O)c1ccc(NC(=O)[C@H]2CNCCO2)cc1. The first-order chi connectivity index (χ1) is 10.4. The molecule has 1 saturated heterocycles. The van der Waals surface area contributed by atoms with Gasteiger partial charge in [0.1, 0.15) is 6.10 Å². The van der Waals surface area contributed by atoms with E-state index in [1.807, 2.05) is 0 Å². The summed E-state index contributed by atoms with van der Waals surface area (Å²) >= 11 is 0. The van der Waals surface area contributed by atoms with Crippen LogP contribution in [0.3, 0.4) is 0 Å². The highest BCUT2D eigenvalue weighted by molar-refractivity contribution is 7.89. The van der Waals surface area contributed by atoms with Gasteiger partial charge in [0, 0.05) is 24.8 Å². The largest absolute Gasteiger partial charge is 0.366 e. The Bertz CT molecular complexity index is 607. The van der Waals surface area contributed by atoms with Crippen LogP contribution in [0, 0.1) is 0 Å². The van der Waals surface area contributed by atoms with Crippen LogP contribution in [0.5, 0.6) is 0 Å². The van der Waals surface area contributed by atoms with E-state index in [4.69, 9.17) is 4.74 Å². The third kappa shape index (κ3) is 4.51. The van der Waals surface area contributed by atoms with Crippen LogP contribution < -0.4 is 15.4 Å². The molecule has 0 unspecified atom stereocenters. The summed E-state index contributed by atoms with van der Waals surface area (Å²) in [6.45, 7) is 5.21. The number of carbonyl (C=O) groups is 1. The van der Waals surface area contributed by atoms with E-state index >= 15 is 0 Å².